The molecule has 1 aliphatic rings. The topological polar surface area (TPSA) is 87.4 Å². The van der Waals surface area contributed by atoms with Crippen molar-refractivity contribution >= 4 is 23.5 Å². The number of hydrogen-bond donors (Lipinski definition) is 2. The van der Waals surface area contributed by atoms with E-state index in [1.165, 1.54) is 0 Å². The Morgan fingerprint density at radius 2 is 2.05 bits per heavy atom. The normalized spacial score (nSPS) is 15.3. The van der Waals surface area contributed by atoms with E-state index in [-0.39, 0.29) is 11.9 Å². The monoisotopic (exact) mass is 278 g/mol. The molecule has 0 bridgehead atoms. The van der Waals surface area contributed by atoms with Crippen LogP contribution >= 0.6 is 0 Å². The molecule has 3 N–H and O–H groups in total. The first-order chi connectivity index (χ1) is 9.60. The van der Waals surface area contributed by atoms with Crippen molar-refractivity contribution in [3.05, 3.63) is 6.07 Å². The highest BCUT2D eigenvalue weighted by atomic mass is 16.2. The summed E-state index contributed by atoms with van der Waals surface area (Å²) in [7, 11) is 0. The largest absolute Gasteiger partial charge is 0.370 e. The Morgan fingerprint density at radius 3 is 2.65 bits per heavy atom. The van der Waals surface area contributed by atoms with Crippen LogP contribution in [0.1, 0.15) is 20.3 Å². The summed E-state index contributed by atoms with van der Waals surface area (Å²) < 4.78 is 0. The Hall–Kier alpha value is -2.05. The Bertz CT molecular complexity index is 470. The van der Waals surface area contributed by atoms with Gasteiger partial charge in [-0.15, -0.1) is 0 Å². The molecule has 1 aromatic heterocycles. The maximum Gasteiger partial charge on any atom is 0.223 e. The number of rotatable bonds is 4. The predicted octanol–water partition coefficient (Wildman–Crippen LogP) is 0.549. The zero-order valence-corrected chi connectivity index (χ0v) is 12.1. The number of piperazine rings is 1. The van der Waals surface area contributed by atoms with Crippen LogP contribution in [0.4, 0.5) is 17.6 Å². The van der Waals surface area contributed by atoms with Crippen LogP contribution in [0.15, 0.2) is 6.07 Å². The zero-order valence-electron chi connectivity index (χ0n) is 12.1. The van der Waals surface area contributed by atoms with E-state index >= 15 is 0 Å². The van der Waals surface area contributed by atoms with Crippen LogP contribution < -0.4 is 16.0 Å². The first-order valence-corrected chi connectivity index (χ1v) is 6.99. The third kappa shape index (κ3) is 3.49. The fourth-order valence-corrected chi connectivity index (χ4v) is 2.21. The highest BCUT2D eigenvalue weighted by molar-refractivity contribution is 5.73. The van der Waals surface area contributed by atoms with E-state index in [2.05, 4.69) is 27.1 Å². The smallest absolute Gasteiger partial charge is 0.223 e. The Balaban J connectivity index is 2.05. The van der Waals surface area contributed by atoms with Gasteiger partial charge in [-0.1, -0.05) is 6.92 Å². The summed E-state index contributed by atoms with van der Waals surface area (Å²) in [6.07, 6.45) is 1.02. The minimum Gasteiger partial charge on any atom is -0.370 e. The summed E-state index contributed by atoms with van der Waals surface area (Å²) in [6, 6.07) is 1.91. The molecule has 0 spiro atoms. The fraction of sp³-hybridized carbons (Fsp3) is 0.615. The van der Waals surface area contributed by atoms with Crippen molar-refractivity contribution in [1.82, 2.24) is 14.9 Å². The second-order valence-electron chi connectivity index (χ2n) is 4.89. The number of hydrogen-bond acceptors (Lipinski definition) is 6. The first kappa shape index (κ1) is 14.4. The van der Waals surface area contributed by atoms with Gasteiger partial charge in [0, 0.05) is 45.7 Å². The van der Waals surface area contributed by atoms with Crippen LogP contribution in [-0.4, -0.2) is 53.5 Å². The Kier molecular flexibility index (Phi) is 4.60. The molecule has 1 amide bonds. The first-order valence-electron chi connectivity index (χ1n) is 6.99. The van der Waals surface area contributed by atoms with Gasteiger partial charge in [-0.2, -0.15) is 9.97 Å². The van der Waals surface area contributed by atoms with Crippen LogP contribution in [0, 0.1) is 0 Å². The van der Waals surface area contributed by atoms with E-state index in [1.54, 1.807) is 6.92 Å². The van der Waals surface area contributed by atoms with Crippen LogP contribution in [0.3, 0.4) is 0 Å². The van der Waals surface area contributed by atoms with Gasteiger partial charge in [0.25, 0.3) is 0 Å². The molecule has 7 nitrogen and oxygen atoms in total. The van der Waals surface area contributed by atoms with Crippen molar-refractivity contribution in [2.75, 3.05) is 48.7 Å². The maximum absolute atomic E-state index is 11.3. The molecule has 1 aliphatic heterocycles. The summed E-state index contributed by atoms with van der Waals surface area (Å²) in [5, 5.41) is 3.22. The van der Waals surface area contributed by atoms with Crippen LogP contribution in [-0.2, 0) is 4.79 Å². The summed E-state index contributed by atoms with van der Waals surface area (Å²) in [5.41, 5.74) is 5.76. The number of anilines is 3. The third-order valence-electron chi connectivity index (χ3n) is 3.34. The number of nitrogens with two attached hydrogens (primary N) is 1. The molecule has 0 aromatic carbocycles. The standard InChI is InChI=1S/C13H22N6O/c1-3-4-15-11-9-12(17-13(14)16-11)19-7-5-18(6-8-19)10(2)20/h9H,3-8H2,1-2H3,(H3,14,15,16,17). The maximum atomic E-state index is 11.3. The van der Waals surface area contributed by atoms with Gasteiger partial charge in [0.1, 0.15) is 11.6 Å². The molecule has 2 heterocycles. The van der Waals surface area contributed by atoms with E-state index in [0.717, 1.165) is 50.8 Å². The van der Waals surface area contributed by atoms with E-state index in [4.69, 9.17) is 5.73 Å². The Morgan fingerprint density at radius 1 is 1.35 bits per heavy atom. The van der Waals surface area contributed by atoms with Gasteiger partial charge in [-0.3, -0.25) is 4.79 Å². The van der Waals surface area contributed by atoms with Gasteiger partial charge in [0.05, 0.1) is 0 Å². The second-order valence-corrected chi connectivity index (χ2v) is 4.89. The van der Waals surface area contributed by atoms with Crippen molar-refractivity contribution in [3.8, 4) is 0 Å². The zero-order chi connectivity index (χ0) is 14.5. The molecule has 1 aromatic rings. The number of nitrogens with one attached hydrogen (secondary N) is 1. The molecule has 0 radical (unpaired) electrons. The Labute approximate surface area is 119 Å². The SMILES string of the molecule is CCCNc1cc(N2CCN(C(C)=O)CC2)nc(N)n1. The number of nitrogens with zero attached hydrogens (tertiary/aromatic N) is 4. The number of carbonyl (C=O) groups excluding carboxylic acids is 1. The number of amides is 1. The molecule has 1 saturated heterocycles. The minimum absolute atomic E-state index is 0.122. The number of nitrogen functional groups attached to an aromatic ring is 1. The molecule has 110 valence electrons. The van der Waals surface area contributed by atoms with Gasteiger partial charge >= 0.3 is 0 Å². The summed E-state index contributed by atoms with van der Waals surface area (Å²) >= 11 is 0. The van der Waals surface area contributed by atoms with E-state index in [9.17, 15) is 4.79 Å². The quantitative estimate of drug-likeness (QED) is 0.836. The lowest BCUT2D eigenvalue weighted by Crippen LogP contribution is -2.48. The minimum atomic E-state index is 0.122. The molecule has 1 fully saturated rings. The summed E-state index contributed by atoms with van der Waals surface area (Å²) in [6.45, 7) is 7.53. The van der Waals surface area contributed by atoms with Crippen LogP contribution in [0.5, 0.6) is 0 Å². The van der Waals surface area contributed by atoms with E-state index in [1.807, 2.05) is 11.0 Å². The highest BCUT2D eigenvalue weighted by Crippen LogP contribution is 2.18. The van der Waals surface area contributed by atoms with Gasteiger partial charge in [0.2, 0.25) is 11.9 Å². The van der Waals surface area contributed by atoms with Crippen LogP contribution in [0.25, 0.3) is 0 Å². The van der Waals surface area contributed by atoms with Crippen molar-refractivity contribution < 1.29 is 4.79 Å². The molecule has 0 unspecified atom stereocenters. The van der Waals surface area contributed by atoms with Crippen molar-refractivity contribution in [1.29, 1.82) is 0 Å². The molecule has 2 rings (SSSR count). The number of aromatic nitrogens is 2. The molecule has 7 heteroatoms. The number of carbonyl (C=O) groups is 1. The lowest BCUT2D eigenvalue weighted by Gasteiger charge is -2.35. The van der Waals surface area contributed by atoms with Gasteiger partial charge in [0.15, 0.2) is 0 Å². The van der Waals surface area contributed by atoms with Crippen molar-refractivity contribution in [2.45, 2.75) is 20.3 Å². The third-order valence-corrected chi connectivity index (χ3v) is 3.34. The molecule has 20 heavy (non-hydrogen) atoms. The van der Waals surface area contributed by atoms with Crippen molar-refractivity contribution in [2.24, 2.45) is 0 Å². The van der Waals surface area contributed by atoms with Crippen LogP contribution in [0.2, 0.25) is 0 Å². The lowest BCUT2D eigenvalue weighted by atomic mass is 10.3. The summed E-state index contributed by atoms with van der Waals surface area (Å²) in [5.74, 6) is 1.97. The molecular formula is C13H22N6O. The van der Waals surface area contributed by atoms with E-state index < -0.39 is 0 Å². The van der Waals surface area contributed by atoms with Gasteiger partial charge in [-0.05, 0) is 6.42 Å². The van der Waals surface area contributed by atoms with Crippen molar-refractivity contribution in [3.63, 3.8) is 0 Å². The average Bonchev–Trinajstić information content (AvgIpc) is 2.44. The van der Waals surface area contributed by atoms with Gasteiger partial charge < -0.3 is 20.9 Å². The highest BCUT2D eigenvalue weighted by Gasteiger charge is 2.20. The molecule has 0 aliphatic carbocycles. The molecular weight excluding hydrogens is 256 g/mol. The fourth-order valence-electron chi connectivity index (χ4n) is 2.21. The van der Waals surface area contributed by atoms with E-state index in [0.29, 0.717) is 0 Å². The van der Waals surface area contributed by atoms with Gasteiger partial charge in [-0.25, -0.2) is 0 Å². The molecule has 0 saturated carbocycles. The molecule has 0 atom stereocenters. The summed E-state index contributed by atoms with van der Waals surface area (Å²) in [4.78, 5) is 23.8. The second kappa shape index (κ2) is 6.40. The lowest BCUT2D eigenvalue weighted by molar-refractivity contribution is -0.129. The average molecular weight is 278 g/mol. The predicted molar refractivity (Wildman–Crippen MR) is 79.7 cm³/mol.